The highest BCUT2D eigenvalue weighted by molar-refractivity contribution is 7.89. The van der Waals surface area contributed by atoms with E-state index in [1.54, 1.807) is 0 Å². The predicted molar refractivity (Wildman–Crippen MR) is 84.4 cm³/mol. The van der Waals surface area contributed by atoms with E-state index in [2.05, 4.69) is 35.7 Å². The van der Waals surface area contributed by atoms with Crippen molar-refractivity contribution in [3.63, 3.8) is 0 Å². The SMILES string of the molecule is CCN1CCCC(NS(=O)(=O)CCCCNC(C)C)C1. The molecule has 1 rings (SSSR count). The standard InChI is InChI=1S/C14H31N3O2S/c1-4-17-10-7-8-14(12-17)16-20(18,19)11-6-5-9-15-13(2)3/h13-16H,4-12H2,1-3H3. The number of unbranched alkanes of at least 4 members (excludes halogenated alkanes) is 1. The van der Waals surface area contributed by atoms with Crippen LogP contribution in [0.2, 0.25) is 0 Å². The Hall–Kier alpha value is -0.170. The molecule has 1 saturated heterocycles. The number of nitrogens with one attached hydrogen (secondary N) is 2. The normalized spacial score (nSPS) is 21.5. The van der Waals surface area contributed by atoms with Crippen molar-refractivity contribution in [3.8, 4) is 0 Å². The predicted octanol–water partition coefficient (Wildman–Crippen LogP) is 1.17. The molecule has 1 aliphatic rings. The van der Waals surface area contributed by atoms with Crippen molar-refractivity contribution < 1.29 is 8.42 Å². The lowest BCUT2D eigenvalue weighted by atomic mass is 10.1. The Bertz CT molecular complexity index is 357. The molecule has 0 saturated carbocycles. The highest BCUT2D eigenvalue weighted by Gasteiger charge is 2.22. The Morgan fingerprint density at radius 1 is 1.30 bits per heavy atom. The minimum absolute atomic E-state index is 0.0995. The average molecular weight is 305 g/mol. The van der Waals surface area contributed by atoms with Crippen molar-refractivity contribution in [2.24, 2.45) is 0 Å². The van der Waals surface area contributed by atoms with Crippen molar-refractivity contribution in [2.45, 2.75) is 58.5 Å². The van der Waals surface area contributed by atoms with Gasteiger partial charge >= 0.3 is 0 Å². The summed E-state index contributed by atoms with van der Waals surface area (Å²) in [5.41, 5.74) is 0. The summed E-state index contributed by atoms with van der Waals surface area (Å²) < 4.78 is 27.0. The maximum Gasteiger partial charge on any atom is 0.211 e. The molecule has 2 N–H and O–H groups in total. The fourth-order valence-corrected chi connectivity index (χ4v) is 3.96. The quantitative estimate of drug-likeness (QED) is 0.628. The Balaban J connectivity index is 2.23. The molecule has 0 radical (unpaired) electrons. The highest BCUT2D eigenvalue weighted by Crippen LogP contribution is 2.10. The van der Waals surface area contributed by atoms with E-state index in [-0.39, 0.29) is 11.8 Å². The van der Waals surface area contributed by atoms with E-state index in [4.69, 9.17) is 0 Å². The van der Waals surface area contributed by atoms with E-state index in [1.807, 2.05) is 0 Å². The smallest absolute Gasteiger partial charge is 0.211 e. The minimum atomic E-state index is -3.12. The minimum Gasteiger partial charge on any atom is -0.315 e. The molecule has 0 aromatic heterocycles. The summed E-state index contributed by atoms with van der Waals surface area (Å²) in [7, 11) is -3.12. The van der Waals surface area contributed by atoms with Gasteiger partial charge < -0.3 is 10.2 Å². The third-order valence-electron chi connectivity index (χ3n) is 3.69. The van der Waals surface area contributed by atoms with Gasteiger partial charge in [-0.25, -0.2) is 13.1 Å². The van der Waals surface area contributed by atoms with Crippen molar-refractivity contribution in [3.05, 3.63) is 0 Å². The second kappa shape index (κ2) is 8.97. The molecular formula is C14H31N3O2S. The first-order valence-corrected chi connectivity index (χ1v) is 9.54. The van der Waals surface area contributed by atoms with Crippen LogP contribution in [0.5, 0.6) is 0 Å². The van der Waals surface area contributed by atoms with Crippen LogP contribution in [0.4, 0.5) is 0 Å². The third kappa shape index (κ3) is 7.57. The van der Waals surface area contributed by atoms with Gasteiger partial charge in [0, 0.05) is 18.6 Å². The van der Waals surface area contributed by atoms with Crippen LogP contribution in [0.15, 0.2) is 0 Å². The van der Waals surface area contributed by atoms with Gasteiger partial charge in [-0.3, -0.25) is 0 Å². The summed E-state index contributed by atoms with van der Waals surface area (Å²) in [5.74, 6) is 0.245. The van der Waals surface area contributed by atoms with Gasteiger partial charge in [0.15, 0.2) is 0 Å². The van der Waals surface area contributed by atoms with Crippen LogP contribution < -0.4 is 10.0 Å². The molecule has 1 aliphatic heterocycles. The summed E-state index contributed by atoms with van der Waals surface area (Å²) in [4.78, 5) is 2.31. The molecular weight excluding hydrogens is 274 g/mol. The van der Waals surface area contributed by atoms with Crippen LogP contribution in [0, 0.1) is 0 Å². The summed E-state index contributed by atoms with van der Waals surface area (Å²) in [6.07, 6.45) is 3.67. The molecule has 120 valence electrons. The molecule has 0 bridgehead atoms. The maximum atomic E-state index is 12.0. The lowest BCUT2D eigenvalue weighted by Gasteiger charge is -2.32. The Kier molecular flexibility index (Phi) is 8.02. The van der Waals surface area contributed by atoms with Gasteiger partial charge in [-0.1, -0.05) is 20.8 Å². The van der Waals surface area contributed by atoms with Crippen LogP contribution in [-0.2, 0) is 10.0 Å². The topological polar surface area (TPSA) is 61.4 Å². The molecule has 1 fully saturated rings. The summed E-state index contributed by atoms with van der Waals surface area (Å²) >= 11 is 0. The first-order chi connectivity index (χ1) is 9.43. The average Bonchev–Trinajstić information content (AvgIpc) is 2.37. The molecule has 0 spiro atoms. The van der Waals surface area contributed by atoms with Crippen LogP contribution in [-0.4, -0.2) is 57.3 Å². The van der Waals surface area contributed by atoms with E-state index in [0.29, 0.717) is 6.04 Å². The van der Waals surface area contributed by atoms with Crippen molar-refractivity contribution in [2.75, 3.05) is 31.9 Å². The highest BCUT2D eigenvalue weighted by atomic mass is 32.2. The first kappa shape index (κ1) is 17.9. The number of sulfonamides is 1. The van der Waals surface area contributed by atoms with E-state index in [9.17, 15) is 8.42 Å². The van der Waals surface area contributed by atoms with Gasteiger partial charge in [0.05, 0.1) is 5.75 Å². The van der Waals surface area contributed by atoms with Gasteiger partial charge in [0.1, 0.15) is 0 Å². The van der Waals surface area contributed by atoms with Crippen LogP contribution in [0.1, 0.15) is 46.5 Å². The van der Waals surface area contributed by atoms with Crippen molar-refractivity contribution >= 4 is 10.0 Å². The van der Waals surface area contributed by atoms with Gasteiger partial charge in [-0.2, -0.15) is 0 Å². The van der Waals surface area contributed by atoms with Crippen molar-refractivity contribution in [1.82, 2.24) is 14.9 Å². The molecule has 0 aliphatic carbocycles. The number of hydrogen-bond acceptors (Lipinski definition) is 4. The zero-order valence-electron chi connectivity index (χ0n) is 13.2. The largest absolute Gasteiger partial charge is 0.315 e. The maximum absolute atomic E-state index is 12.0. The lowest BCUT2D eigenvalue weighted by Crippen LogP contribution is -2.48. The number of nitrogens with zero attached hydrogens (tertiary/aromatic N) is 1. The number of hydrogen-bond donors (Lipinski definition) is 2. The molecule has 1 heterocycles. The fourth-order valence-electron chi connectivity index (χ4n) is 2.56. The zero-order chi connectivity index (χ0) is 15.0. The lowest BCUT2D eigenvalue weighted by molar-refractivity contribution is 0.211. The molecule has 6 heteroatoms. The number of likely N-dealkylation sites (tertiary alicyclic amines) is 1. The Labute approximate surface area is 124 Å². The van der Waals surface area contributed by atoms with Gasteiger partial charge in [0.25, 0.3) is 0 Å². The summed E-state index contributed by atoms with van der Waals surface area (Å²) in [6.45, 7) is 10.2. The van der Waals surface area contributed by atoms with E-state index in [1.165, 1.54) is 0 Å². The monoisotopic (exact) mass is 305 g/mol. The Morgan fingerprint density at radius 3 is 2.70 bits per heavy atom. The number of piperidine rings is 1. The molecule has 0 aromatic carbocycles. The van der Waals surface area contributed by atoms with Crippen molar-refractivity contribution in [1.29, 1.82) is 0 Å². The van der Waals surface area contributed by atoms with Crippen LogP contribution >= 0.6 is 0 Å². The van der Waals surface area contributed by atoms with E-state index < -0.39 is 10.0 Å². The molecule has 0 aromatic rings. The van der Waals surface area contributed by atoms with Crippen LogP contribution in [0.3, 0.4) is 0 Å². The van der Waals surface area contributed by atoms with Gasteiger partial charge in [-0.15, -0.1) is 0 Å². The van der Waals surface area contributed by atoms with Gasteiger partial charge in [-0.05, 0) is 45.3 Å². The Morgan fingerprint density at radius 2 is 2.05 bits per heavy atom. The zero-order valence-corrected chi connectivity index (χ0v) is 14.0. The molecule has 1 unspecified atom stereocenters. The van der Waals surface area contributed by atoms with E-state index in [0.717, 1.165) is 51.9 Å². The van der Waals surface area contributed by atoms with Crippen LogP contribution in [0.25, 0.3) is 0 Å². The molecule has 5 nitrogen and oxygen atoms in total. The second-order valence-corrected chi connectivity index (χ2v) is 7.86. The number of rotatable bonds is 9. The second-order valence-electron chi connectivity index (χ2n) is 5.99. The van der Waals surface area contributed by atoms with E-state index >= 15 is 0 Å². The molecule has 1 atom stereocenters. The first-order valence-electron chi connectivity index (χ1n) is 7.88. The fraction of sp³-hybridized carbons (Fsp3) is 1.00. The number of likely N-dealkylation sites (N-methyl/N-ethyl adjacent to an activating group) is 1. The molecule has 20 heavy (non-hydrogen) atoms. The third-order valence-corrected chi connectivity index (χ3v) is 5.21. The summed E-state index contributed by atoms with van der Waals surface area (Å²) in [5, 5.41) is 3.30. The summed E-state index contributed by atoms with van der Waals surface area (Å²) in [6, 6.07) is 0.564. The molecule has 0 amide bonds. The van der Waals surface area contributed by atoms with Gasteiger partial charge in [0.2, 0.25) is 10.0 Å².